The largest absolute Gasteiger partial charge is 0.392 e. The number of nitrogens with one attached hydrogen (secondary N) is 1. The molecule has 2 rings (SSSR count). The van der Waals surface area contributed by atoms with E-state index in [9.17, 15) is 5.11 Å². The number of rotatable bonds is 8. The number of aromatic nitrogens is 4. The van der Waals surface area contributed by atoms with E-state index in [1.165, 1.54) is 12.8 Å². The molecular formula is C13H25N5O2S. The van der Waals surface area contributed by atoms with Crippen LogP contribution in [0.3, 0.4) is 0 Å². The zero-order chi connectivity index (χ0) is 14.9. The van der Waals surface area contributed by atoms with Crippen LogP contribution in [0.5, 0.6) is 0 Å². The van der Waals surface area contributed by atoms with Crippen molar-refractivity contribution >= 4 is 11.8 Å². The number of hydrogen-bond donors (Lipinski definition) is 2. The number of nitrogens with zero attached hydrogens (tertiary/aromatic N) is 4. The third-order valence-corrected chi connectivity index (χ3v) is 5.01. The Morgan fingerprint density at radius 2 is 2.19 bits per heavy atom. The van der Waals surface area contributed by atoms with Gasteiger partial charge in [0.05, 0.1) is 19.3 Å². The zero-order valence-corrected chi connectivity index (χ0v) is 13.4. The van der Waals surface area contributed by atoms with Gasteiger partial charge in [-0.1, -0.05) is 31.0 Å². The highest BCUT2D eigenvalue weighted by Gasteiger charge is 2.24. The van der Waals surface area contributed by atoms with E-state index in [1.54, 1.807) is 18.9 Å². The zero-order valence-electron chi connectivity index (χ0n) is 12.6. The molecule has 0 radical (unpaired) electrons. The van der Waals surface area contributed by atoms with Gasteiger partial charge >= 0.3 is 0 Å². The molecule has 1 aromatic heterocycles. The topological polar surface area (TPSA) is 85.1 Å². The van der Waals surface area contributed by atoms with E-state index in [0.29, 0.717) is 6.61 Å². The molecule has 0 bridgehead atoms. The normalized spacial score (nSPS) is 23.1. The summed E-state index contributed by atoms with van der Waals surface area (Å²) < 4.78 is 6.79. The Balaban J connectivity index is 1.81. The number of thioether (sulfide) groups is 1. The van der Waals surface area contributed by atoms with Crippen molar-refractivity contribution in [1.82, 2.24) is 25.5 Å². The van der Waals surface area contributed by atoms with Crippen molar-refractivity contribution in [2.45, 2.75) is 55.2 Å². The van der Waals surface area contributed by atoms with Crippen LogP contribution in [0.15, 0.2) is 5.16 Å². The molecule has 0 saturated heterocycles. The summed E-state index contributed by atoms with van der Waals surface area (Å²) in [4.78, 5) is 0. The van der Waals surface area contributed by atoms with Crippen molar-refractivity contribution < 1.29 is 9.84 Å². The fourth-order valence-electron chi connectivity index (χ4n) is 2.43. The SMILES string of the molecule is COCCNCCn1nnnc1SC1CCCCCC1O. The minimum atomic E-state index is -0.248. The quantitative estimate of drug-likeness (QED) is 0.539. The predicted octanol–water partition coefficient (Wildman–Crippen LogP) is 0.695. The van der Waals surface area contributed by atoms with Crippen molar-refractivity contribution in [1.29, 1.82) is 0 Å². The fraction of sp³-hybridized carbons (Fsp3) is 0.923. The van der Waals surface area contributed by atoms with Gasteiger partial charge in [-0.25, -0.2) is 4.68 Å². The molecule has 21 heavy (non-hydrogen) atoms. The van der Waals surface area contributed by atoms with E-state index in [4.69, 9.17) is 4.74 Å². The van der Waals surface area contributed by atoms with Crippen LogP contribution in [-0.2, 0) is 11.3 Å². The molecule has 1 saturated carbocycles. The predicted molar refractivity (Wildman–Crippen MR) is 81.3 cm³/mol. The third kappa shape index (κ3) is 5.54. The van der Waals surface area contributed by atoms with Gasteiger partial charge in [0.15, 0.2) is 0 Å². The van der Waals surface area contributed by atoms with Gasteiger partial charge in [-0.15, -0.1) is 5.10 Å². The summed E-state index contributed by atoms with van der Waals surface area (Å²) in [5.41, 5.74) is 0. The highest BCUT2D eigenvalue weighted by Crippen LogP contribution is 2.31. The first-order valence-corrected chi connectivity index (χ1v) is 8.49. The van der Waals surface area contributed by atoms with Gasteiger partial charge in [-0.2, -0.15) is 0 Å². The molecule has 0 aromatic carbocycles. The molecule has 8 heteroatoms. The number of aliphatic hydroxyl groups excluding tert-OH is 1. The molecule has 1 heterocycles. The second-order valence-electron chi connectivity index (χ2n) is 5.29. The highest BCUT2D eigenvalue weighted by molar-refractivity contribution is 7.99. The molecule has 2 atom stereocenters. The maximum atomic E-state index is 10.2. The number of methoxy groups -OCH3 is 1. The molecule has 1 aromatic rings. The Hall–Kier alpha value is -0.700. The maximum Gasteiger partial charge on any atom is 0.209 e. The van der Waals surface area contributed by atoms with Crippen LogP contribution in [0, 0.1) is 0 Å². The Morgan fingerprint density at radius 1 is 1.33 bits per heavy atom. The maximum absolute atomic E-state index is 10.2. The molecule has 1 aliphatic rings. The van der Waals surface area contributed by atoms with Crippen LogP contribution in [0.2, 0.25) is 0 Å². The molecule has 2 unspecified atom stereocenters. The number of tetrazole rings is 1. The first-order chi connectivity index (χ1) is 10.3. The van der Waals surface area contributed by atoms with Crippen molar-refractivity contribution in [3.63, 3.8) is 0 Å². The second kappa shape index (κ2) is 9.34. The van der Waals surface area contributed by atoms with E-state index in [2.05, 4.69) is 20.8 Å². The number of ether oxygens (including phenoxy) is 1. The van der Waals surface area contributed by atoms with Crippen LogP contribution in [-0.4, -0.2) is 63.5 Å². The Morgan fingerprint density at radius 3 is 3.05 bits per heavy atom. The van der Waals surface area contributed by atoms with Gasteiger partial charge in [0.2, 0.25) is 5.16 Å². The molecule has 120 valence electrons. The Kier molecular flexibility index (Phi) is 7.42. The Bertz CT molecular complexity index is 404. The minimum absolute atomic E-state index is 0.207. The number of hydrogen-bond acceptors (Lipinski definition) is 7. The van der Waals surface area contributed by atoms with E-state index in [0.717, 1.165) is 44.1 Å². The summed E-state index contributed by atoms with van der Waals surface area (Å²) in [5, 5.41) is 26.3. The average molecular weight is 315 g/mol. The van der Waals surface area contributed by atoms with E-state index in [-0.39, 0.29) is 11.4 Å². The van der Waals surface area contributed by atoms with Crippen LogP contribution in [0.1, 0.15) is 32.1 Å². The second-order valence-corrected chi connectivity index (χ2v) is 6.50. The first kappa shape index (κ1) is 16.7. The molecule has 0 amide bonds. The Labute approximate surface area is 129 Å². The van der Waals surface area contributed by atoms with Gasteiger partial charge < -0.3 is 15.2 Å². The standard InChI is InChI=1S/C13H25N5O2S/c1-20-10-8-14-7-9-18-13(15-16-17-18)21-12-6-4-2-3-5-11(12)19/h11-12,14,19H,2-10H2,1H3. The van der Waals surface area contributed by atoms with E-state index >= 15 is 0 Å². The fourth-order valence-corrected chi connectivity index (χ4v) is 3.61. The van der Waals surface area contributed by atoms with Crippen molar-refractivity contribution in [3.05, 3.63) is 0 Å². The van der Waals surface area contributed by atoms with Gasteiger partial charge in [0, 0.05) is 25.4 Å². The van der Waals surface area contributed by atoms with Crippen molar-refractivity contribution in [3.8, 4) is 0 Å². The number of aliphatic hydroxyl groups is 1. The lowest BCUT2D eigenvalue weighted by Gasteiger charge is -2.18. The van der Waals surface area contributed by atoms with E-state index < -0.39 is 0 Å². The van der Waals surface area contributed by atoms with Gasteiger partial charge in [0.1, 0.15) is 0 Å². The monoisotopic (exact) mass is 315 g/mol. The summed E-state index contributed by atoms with van der Waals surface area (Å²) in [5.74, 6) is 0. The summed E-state index contributed by atoms with van der Waals surface area (Å²) in [6.07, 6.45) is 5.18. The summed E-state index contributed by atoms with van der Waals surface area (Å²) >= 11 is 1.61. The summed E-state index contributed by atoms with van der Waals surface area (Å²) in [6.45, 7) is 3.05. The van der Waals surface area contributed by atoms with Crippen LogP contribution < -0.4 is 5.32 Å². The molecule has 1 fully saturated rings. The minimum Gasteiger partial charge on any atom is -0.392 e. The van der Waals surface area contributed by atoms with Crippen LogP contribution in [0.4, 0.5) is 0 Å². The van der Waals surface area contributed by atoms with Crippen LogP contribution >= 0.6 is 11.8 Å². The van der Waals surface area contributed by atoms with Crippen molar-refractivity contribution in [2.75, 3.05) is 26.8 Å². The lowest BCUT2D eigenvalue weighted by Crippen LogP contribution is -2.25. The molecule has 7 nitrogen and oxygen atoms in total. The average Bonchev–Trinajstić information content (AvgIpc) is 2.82. The van der Waals surface area contributed by atoms with E-state index in [1.807, 2.05) is 4.68 Å². The molecule has 0 spiro atoms. The van der Waals surface area contributed by atoms with Gasteiger partial charge in [0.25, 0.3) is 0 Å². The lowest BCUT2D eigenvalue weighted by molar-refractivity contribution is 0.163. The van der Waals surface area contributed by atoms with Crippen molar-refractivity contribution in [2.24, 2.45) is 0 Å². The van der Waals surface area contributed by atoms with Crippen LogP contribution in [0.25, 0.3) is 0 Å². The molecular weight excluding hydrogens is 290 g/mol. The molecule has 1 aliphatic carbocycles. The first-order valence-electron chi connectivity index (χ1n) is 7.62. The van der Waals surface area contributed by atoms with Gasteiger partial charge in [-0.3, -0.25) is 0 Å². The smallest absolute Gasteiger partial charge is 0.209 e. The summed E-state index contributed by atoms with van der Waals surface area (Å²) in [7, 11) is 1.69. The lowest BCUT2D eigenvalue weighted by atomic mass is 10.1. The summed E-state index contributed by atoms with van der Waals surface area (Å²) in [6, 6.07) is 0. The van der Waals surface area contributed by atoms with Gasteiger partial charge in [-0.05, 0) is 23.3 Å². The molecule has 0 aliphatic heterocycles. The molecule has 2 N–H and O–H groups in total. The third-order valence-electron chi connectivity index (χ3n) is 3.66. The highest BCUT2D eigenvalue weighted by atomic mass is 32.2.